The summed E-state index contributed by atoms with van der Waals surface area (Å²) in [7, 11) is 0. The van der Waals surface area contributed by atoms with E-state index in [4.69, 9.17) is 4.74 Å². The molecule has 1 aromatic carbocycles. The zero-order valence-corrected chi connectivity index (χ0v) is 15.4. The minimum atomic E-state index is -0.954. The molecule has 0 aliphatic carbocycles. The number of rotatable bonds is 3. The van der Waals surface area contributed by atoms with Gasteiger partial charge in [-0.3, -0.25) is 4.79 Å². The number of hydrogen-bond donors (Lipinski definition) is 1. The maximum atomic E-state index is 12.9. The second kappa shape index (κ2) is 5.82. The van der Waals surface area contributed by atoms with Crippen molar-refractivity contribution in [2.75, 3.05) is 0 Å². The van der Waals surface area contributed by atoms with Gasteiger partial charge in [0.2, 0.25) is 0 Å². The number of benzene rings is 1. The Morgan fingerprint density at radius 3 is 2.41 bits per heavy atom. The highest BCUT2D eigenvalue weighted by atomic mass is 79.9. The van der Waals surface area contributed by atoms with Crippen molar-refractivity contribution in [2.45, 2.75) is 58.7 Å². The van der Waals surface area contributed by atoms with Crippen LogP contribution in [0.2, 0.25) is 0 Å². The van der Waals surface area contributed by atoms with Crippen LogP contribution >= 0.6 is 15.9 Å². The number of ketones is 1. The first kappa shape index (κ1) is 17.2. The fourth-order valence-electron chi connectivity index (χ4n) is 2.92. The van der Waals surface area contributed by atoms with Gasteiger partial charge >= 0.3 is 0 Å². The number of halogens is 1. The second-order valence-corrected chi connectivity index (χ2v) is 7.32. The van der Waals surface area contributed by atoms with Gasteiger partial charge in [0, 0.05) is 4.47 Å². The highest BCUT2D eigenvalue weighted by Gasteiger charge is 2.48. The van der Waals surface area contributed by atoms with Crippen molar-refractivity contribution in [3.05, 3.63) is 39.6 Å². The molecular weight excluding hydrogens is 344 g/mol. The predicted octanol–water partition coefficient (Wildman–Crippen LogP) is 4.83. The Labute approximate surface area is 140 Å². The molecule has 120 valence electrons. The zero-order valence-electron chi connectivity index (χ0n) is 13.8. The summed E-state index contributed by atoms with van der Waals surface area (Å²) in [5, 5.41) is 10.8. The average Bonchev–Trinajstić information content (AvgIpc) is 2.46. The van der Waals surface area contributed by atoms with E-state index in [1.807, 2.05) is 39.0 Å². The molecule has 1 aromatic rings. The molecule has 0 saturated heterocycles. The first-order valence-corrected chi connectivity index (χ1v) is 8.43. The standard InChI is InChI=1S/C18H23BrO3/c1-6-11-10-12(19)8-9-13(11)14-15(20)17(3,4)22-18(5,7-2)16(14)21/h8-10,21H,6-7H2,1-5H3. The molecule has 1 aliphatic rings. The molecule has 22 heavy (non-hydrogen) atoms. The van der Waals surface area contributed by atoms with E-state index in [-0.39, 0.29) is 11.5 Å². The van der Waals surface area contributed by atoms with Crippen LogP contribution < -0.4 is 0 Å². The topological polar surface area (TPSA) is 46.5 Å². The van der Waals surface area contributed by atoms with Crippen LogP contribution in [0.15, 0.2) is 28.4 Å². The lowest BCUT2D eigenvalue weighted by Crippen LogP contribution is -2.50. The molecule has 1 aliphatic heterocycles. The van der Waals surface area contributed by atoms with Gasteiger partial charge in [-0.1, -0.05) is 35.8 Å². The maximum Gasteiger partial charge on any atom is 0.198 e. The molecule has 0 spiro atoms. The second-order valence-electron chi connectivity index (χ2n) is 6.40. The Balaban J connectivity index is 2.75. The number of aliphatic hydroxyl groups is 1. The summed E-state index contributed by atoms with van der Waals surface area (Å²) < 4.78 is 6.88. The van der Waals surface area contributed by atoms with Crippen molar-refractivity contribution in [1.29, 1.82) is 0 Å². The molecule has 1 unspecified atom stereocenters. The number of hydrogen-bond acceptors (Lipinski definition) is 3. The first-order valence-electron chi connectivity index (χ1n) is 7.63. The Morgan fingerprint density at radius 2 is 1.86 bits per heavy atom. The fraction of sp³-hybridized carbons (Fsp3) is 0.500. The number of aliphatic hydroxyl groups excluding tert-OH is 1. The van der Waals surface area contributed by atoms with E-state index >= 15 is 0 Å². The van der Waals surface area contributed by atoms with E-state index in [1.54, 1.807) is 13.8 Å². The Kier molecular flexibility index (Phi) is 4.56. The lowest BCUT2D eigenvalue weighted by atomic mass is 9.80. The zero-order chi connectivity index (χ0) is 16.7. The average molecular weight is 367 g/mol. The van der Waals surface area contributed by atoms with E-state index in [1.165, 1.54) is 0 Å². The normalized spacial score (nSPS) is 24.7. The lowest BCUT2D eigenvalue weighted by Gasteiger charge is -2.42. The molecule has 0 amide bonds. The summed E-state index contributed by atoms with van der Waals surface area (Å²) in [6.45, 7) is 9.35. The van der Waals surface area contributed by atoms with Crippen LogP contribution in [0.25, 0.3) is 5.57 Å². The van der Waals surface area contributed by atoms with Crippen LogP contribution in [0.5, 0.6) is 0 Å². The molecule has 0 aromatic heterocycles. The molecule has 1 N–H and O–H groups in total. The predicted molar refractivity (Wildman–Crippen MR) is 91.9 cm³/mol. The van der Waals surface area contributed by atoms with Gasteiger partial charge in [-0.05, 0) is 56.9 Å². The minimum absolute atomic E-state index is 0.0383. The molecule has 0 saturated carbocycles. The van der Waals surface area contributed by atoms with Crippen molar-refractivity contribution in [1.82, 2.24) is 0 Å². The Morgan fingerprint density at radius 1 is 1.23 bits per heavy atom. The van der Waals surface area contributed by atoms with Crippen molar-refractivity contribution < 1.29 is 14.6 Å². The number of aryl methyl sites for hydroxylation is 1. The smallest absolute Gasteiger partial charge is 0.198 e. The molecule has 0 radical (unpaired) electrons. The third kappa shape index (κ3) is 2.74. The van der Waals surface area contributed by atoms with Crippen LogP contribution in [0.4, 0.5) is 0 Å². The van der Waals surface area contributed by atoms with Gasteiger partial charge < -0.3 is 9.84 Å². The highest BCUT2D eigenvalue weighted by molar-refractivity contribution is 9.10. The first-order chi connectivity index (χ1) is 10.2. The van der Waals surface area contributed by atoms with Crippen LogP contribution in [-0.4, -0.2) is 22.1 Å². The summed E-state index contributed by atoms with van der Waals surface area (Å²) in [5.41, 5.74) is 0.421. The third-order valence-electron chi connectivity index (χ3n) is 4.38. The van der Waals surface area contributed by atoms with E-state index < -0.39 is 11.2 Å². The van der Waals surface area contributed by atoms with Crippen molar-refractivity contribution in [3.63, 3.8) is 0 Å². The van der Waals surface area contributed by atoms with Gasteiger partial charge in [0.25, 0.3) is 0 Å². The van der Waals surface area contributed by atoms with Crippen LogP contribution in [0.3, 0.4) is 0 Å². The van der Waals surface area contributed by atoms with Crippen LogP contribution in [0, 0.1) is 0 Å². The number of ether oxygens (including phenoxy) is 1. The monoisotopic (exact) mass is 366 g/mol. The van der Waals surface area contributed by atoms with Gasteiger partial charge in [0.1, 0.15) is 17.0 Å². The number of carbonyl (C=O) groups is 1. The molecule has 3 nitrogen and oxygen atoms in total. The van der Waals surface area contributed by atoms with Gasteiger partial charge in [0.15, 0.2) is 5.78 Å². The highest BCUT2D eigenvalue weighted by Crippen LogP contribution is 2.42. The lowest BCUT2D eigenvalue weighted by molar-refractivity contribution is -0.162. The third-order valence-corrected chi connectivity index (χ3v) is 4.88. The minimum Gasteiger partial charge on any atom is -0.508 e. The summed E-state index contributed by atoms with van der Waals surface area (Å²) in [6.07, 6.45) is 1.37. The van der Waals surface area contributed by atoms with Crippen molar-refractivity contribution >= 4 is 27.3 Å². The molecule has 1 heterocycles. The van der Waals surface area contributed by atoms with Crippen molar-refractivity contribution in [3.8, 4) is 0 Å². The Hall–Kier alpha value is -1.13. The summed E-state index contributed by atoms with van der Waals surface area (Å²) >= 11 is 3.46. The van der Waals surface area contributed by atoms with E-state index in [9.17, 15) is 9.90 Å². The molecule has 0 fully saturated rings. The van der Waals surface area contributed by atoms with E-state index in [0.717, 1.165) is 22.0 Å². The van der Waals surface area contributed by atoms with Gasteiger partial charge in [-0.25, -0.2) is 0 Å². The summed E-state index contributed by atoms with van der Waals surface area (Å²) in [5.74, 6) is -0.135. The molecule has 1 atom stereocenters. The largest absolute Gasteiger partial charge is 0.508 e. The number of Topliss-reactive ketones (excluding diaryl/α,β-unsaturated/α-hetero) is 1. The maximum absolute atomic E-state index is 12.9. The summed E-state index contributed by atoms with van der Waals surface area (Å²) in [4.78, 5) is 12.9. The fourth-order valence-corrected chi connectivity index (χ4v) is 3.33. The number of carbonyl (C=O) groups excluding carboxylic acids is 1. The van der Waals surface area contributed by atoms with Crippen LogP contribution in [-0.2, 0) is 16.0 Å². The molecular formula is C18H23BrO3. The van der Waals surface area contributed by atoms with Crippen LogP contribution in [0.1, 0.15) is 52.2 Å². The van der Waals surface area contributed by atoms with Gasteiger partial charge in [-0.2, -0.15) is 0 Å². The molecule has 2 rings (SSSR count). The molecule has 0 bridgehead atoms. The van der Waals surface area contributed by atoms with Gasteiger partial charge in [0.05, 0.1) is 5.57 Å². The summed E-state index contributed by atoms with van der Waals surface area (Å²) in [6, 6.07) is 5.78. The molecule has 4 heteroatoms. The Bertz CT molecular complexity index is 646. The quantitative estimate of drug-likeness (QED) is 0.833. The van der Waals surface area contributed by atoms with E-state index in [2.05, 4.69) is 15.9 Å². The van der Waals surface area contributed by atoms with E-state index in [0.29, 0.717) is 12.0 Å². The van der Waals surface area contributed by atoms with Gasteiger partial charge in [-0.15, -0.1) is 0 Å². The SMILES string of the molecule is CCc1cc(Br)ccc1C1=C(O)C(C)(CC)OC(C)(C)C1=O. The van der Waals surface area contributed by atoms with Crippen molar-refractivity contribution in [2.24, 2.45) is 0 Å².